The minimum Gasteiger partial charge on any atom is -0.493 e. The first-order valence-corrected chi connectivity index (χ1v) is 5.80. The molecule has 5 nitrogen and oxygen atoms in total. The molecule has 0 amide bonds. The van der Waals surface area contributed by atoms with E-state index < -0.39 is 0 Å². The average molecular weight is 247 g/mol. The third-order valence-electron chi connectivity index (χ3n) is 2.59. The van der Waals surface area contributed by atoms with Crippen molar-refractivity contribution in [2.75, 3.05) is 12.8 Å². The van der Waals surface area contributed by atoms with Gasteiger partial charge in [-0.1, -0.05) is 0 Å². The summed E-state index contributed by atoms with van der Waals surface area (Å²) in [6.07, 6.45) is 3.75. The molecule has 1 aromatic heterocycles. The van der Waals surface area contributed by atoms with Crippen molar-refractivity contribution in [3.63, 3.8) is 0 Å². The number of nitrogen functional groups attached to an aromatic ring is 1. The highest BCUT2D eigenvalue weighted by Crippen LogP contribution is 2.29. The fraction of sp³-hybridized carbons (Fsp3) is 0.308. The van der Waals surface area contributed by atoms with Gasteiger partial charge in [0.1, 0.15) is 6.61 Å². The van der Waals surface area contributed by atoms with Gasteiger partial charge in [-0.15, -0.1) is 0 Å². The normalized spacial score (nSPS) is 10.3. The van der Waals surface area contributed by atoms with Gasteiger partial charge in [-0.25, -0.2) is 0 Å². The molecule has 18 heavy (non-hydrogen) atoms. The molecule has 0 bridgehead atoms. The van der Waals surface area contributed by atoms with Crippen LogP contribution in [-0.2, 0) is 13.2 Å². The van der Waals surface area contributed by atoms with Gasteiger partial charge in [-0.2, -0.15) is 5.10 Å². The van der Waals surface area contributed by atoms with Crippen LogP contribution in [0.2, 0.25) is 0 Å². The molecule has 2 rings (SSSR count). The molecule has 0 aliphatic rings. The Balaban J connectivity index is 2.07. The highest BCUT2D eigenvalue weighted by Gasteiger charge is 2.06. The molecule has 1 aromatic carbocycles. The predicted octanol–water partition coefficient (Wildman–Crippen LogP) is 2.07. The zero-order chi connectivity index (χ0) is 13.0. The zero-order valence-corrected chi connectivity index (χ0v) is 10.6. The van der Waals surface area contributed by atoms with Gasteiger partial charge in [0.05, 0.1) is 13.3 Å². The Labute approximate surface area is 106 Å². The maximum Gasteiger partial charge on any atom is 0.163 e. The van der Waals surface area contributed by atoms with Crippen LogP contribution >= 0.6 is 0 Å². The standard InChI is InChI=1S/C13H17N3O2/c1-3-16-8-10(7-15-16)9-18-13-6-11(14)4-5-12(13)17-2/h4-8H,3,9,14H2,1-2H3. The molecule has 2 aromatic rings. The maximum absolute atomic E-state index is 5.72. The summed E-state index contributed by atoms with van der Waals surface area (Å²) in [6, 6.07) is 5.32. The smallest absolute Gasteiger partial charge is 0.163 e. The molecule has 0 saturated carbocycles. The second-order valence-corrected chi connectivity index (χ2v) is 3.90. The van der Waals surface area contributed by atoms with Crippen molar-refractivity contribution >= 4 is 5.69 Å². The highest BCUT2D eigenvalue weighted by molar-refractivity contribution is 5.51. The molecule has 0 aliphatic heterocycles. The summed E-state index contributed by atoms with van der Waals surface area (Å²) in [6.45, 7) is 3.33. The summed E-state index contributed by atoms with van der Waals surface area (Å²) in [5, 5.41) is 4.19. The first kappa shape index (κ1) is 12.3. The van der Waals surface area contributed by atoms with Crippen molar-refractivity contribution in [2.45, 2.75) is 20.1 Å². The Morgan fingerprint density at radius 1 is 1.33 bits per heavy atom. The molecule has 0 spiro atoms. The monoisotopic (exact) mass is 247 g/mol. The van der Waals surface area contributed by atoms with Crippen molar-refractivity contribution < 1.29 is 9.47 Å². The quantitative estimate of drug-likeness (QED) is 0.822. The van der Waals surface area contributed by atoms with E-state index >= 15 is 0 Å². The number of rotatable bonds is 5. The third-order valence-corrected chi connectivity index (χ3v) is 2.59. The van der Waals surface area contributed by atoms with Gasteiger partial charge in [-0.05, 0) is 19.1 Å². The zero-order valence-electron chi connectivity index (χ0n) is 10.6. The molecule has 96 valence electrons. The number of hydrogen-bond acceptors (Lipinski definition) is 4. The Kier molecular flexibility index (Phi) is 3.72. The minimum atomic E-state index is 0.444. The second-order valence-electron chi connectivity index (χ2n) is 3.90. The molecule has 0 radical (unpaired) electrons. The van der Waals surface area contributed by atoms with E-state index in [1.165, 1.54) is 0 Å². The van der Waals surface area contributed by atoms with Gasteiger partial charge < -0.3 is 15.2 Å². The number of aromatic nitrogens is 2. The van der Waals surface area contributed by atoms with Crippen molar-refractivity contribution in [1.29, 1.82) is 0 Å². The van der Waals surface area contributed by atoms with E-state index in [0.717, 1.165) is 12.1 Å². The number of aryl methyl sites for hydroxylation is 1. The van der Waals surface area contributed by atoms with Gasteiger partial charge in [0, 0.05) is 30.1 Å². The van der Waals surface area contributed by atoms with Gasteiger partial charge in [0.25, 0.3) is 0 Å². The molecule has 0 unspecified atom stereocenters. The number of anilines is 1. The van der Waals surface area contributed by atoms with Gasteiger partial charge in [0.15, 0.2) is 11.5 Å². The molecule has 0 fully saturated rings. The van der Waals surface area contributed by atoms with E-state index in [1.807, 2.05) is 17.8 Å². The Hall–Kier alpha value is -2.17. The van der Waals surface area contributed by atoms with Crippen LogP contribution in [0, 0.1) is 0 Å². The number of nitrogens with two attached hydrogens (primary N) is 1. The van der Waals surface area contributed by atoms with E-state index in [1.54, 1.807) is 31.5 Å². The number of benzene rings is 1. The third kappa shape index (κ3) is 2.74. The molecule has 0 aliphatic carbocycles. The Morgan fingerprint density at radius 3 is 2.83 bits per heavy atom. The number of ether oxygens (including phenoxy) is 2. The van der Waals surface area contributed by atoms with Gasteiger partial charge in [0.2, 0.25) is 0 Å². The summed E-state index contributed by atoms with van der Waals surface area (Å²) >= 11 is 0. The van der Waals surface area contributed by atoms with Gasteiger partial charge in [-0.3, -0.25) is 4.68 Å². The van der Waals surface area contributed by atoms with Crippen LogP contribution < -0.4 is 15.2 Å². The average Bonchev–Trinajstić information content (AvgIpc) is 2.84. The number of hydrogen-bond donors (Lipinski definition) is 1. The molecular formula is C13H17N3O2. The summed E-state index contributed by atoms with van der Waals surface area (Å²) in [5.41, 5.74) is 7.39. The molecular weight excluding hydrogens is 230 g/mol. The van der Waals surface area contributed by atoms with E-state index in [9.17, 15) is 0 Å². The number of nitrogens with zero attached hydrogens (tertiary/aromatic N) is 2. The van der Waals surface area contributed by atoms with Crippen LogP contribution in [-0.4, -0.2) is 16.9 Å². The van der Waals surface area contributed by atoms with Gasteiger partial charge >= 0.3 is 0 Å². The lowest BCUT2D eigenvalue weighted by Gasteiger charge is -2.10. The SMILES string of the molecule is CCn1cc(COc2cc(N)ccc2OC)cn1. The highest BCUT2D eigenvalue weighted by atomic mass is 16.5. The molecule has 0 saturated heterocycles. The van der Waals surface area contributed by atoms with Crippen molar-refractivity contribution in [2.24, 2.45) is 0 Å². The van der Waals surface area contributed by atoms with E-state index in [4.69, 9.17) is 15.2 Å². The molecule has 0 atom stereocenters. The van der Waals surface area contributed by atoms with Crippen LogP contribution in [0.15, 0.2) is 30.6 Å². The lowest BCUT2D eigenvalue weighted by molar-refractivity contribution is 0.284. The van der Waals surface area contributed by atoms with Crippen LogP contribution in [0.4, 0.5) is 5.69 Å². The van der Waals surface area contributed by atoms with E-state index in [2.05, 4.69) is 5.10 Å². The van der Waals surface area contributed by atoms with Crippen molar-refractivity contribution in [3.8, 4) is 11.5 Å². The number of methoxy groups -OCH3 is 1. The predicted molar refractivity (Wildman–Crippen MR) is 69.6 cm³/mol. The molecule has 1 heterocycles. The summed E-state index contributed by atoms with van der Waals surface area (Å²) in [4.78, 5) is 0. The minimum absolute atomic E-state index is 0.444. The van der Waals surface area contributed by atoms with Crippen LogP contribution in [0.3, 0.4) is 0 Å². The van der Waals surface area contributed by atoms with E-state index in [0.29, 0.717) is 23.8 Å². The van der Waals surface area contributed by atoms with Crippen molar-refractivity contribution in [1.82, 2.24) is 9.78 Å². The lowest BCUT2D eigenvalue weighted by atomic mass is 10.3. The summed E-state index contributed by atoms with van der Waals surface area (Å²) in [5.74, 6) is 1.31. The van der Waals surface area contributed by atoms with Crippen LogP contribution in [0.25, 0.3) is 0 Å². The van der Waals surface area contributed by atoms with E-state index in [-0.39, 0.29) is 0 Å². The molecule has 2 N–H and O–H groups in total. The molecule has 5 heteroatoms. The fourth-order valence-electron chi connectivity index (χ4n) is 1.62. The topological polar surface area (TPSA) is 62.3 Å². The summed E-state index contributed by atoms with van der Waals surface area (Å²) < 4.78 is 12.8. The van der Waals surface area contributed by atoms with Crippen molar-refractivity contribution in [3.05, 3.63) is 36.2 Å². The first-order chi connectivity index (χ1) is 8.72. The summed E-state index contributed by atoms with van der Waals surface area (Å²) in [7, 11) is 1.60. The lowest BCUT2D eigenvalue weighted by Crippen LogP contribution is -1.98. The maximum atomic E-state index is 5.72. The Morgan fingerprint density at radius 2 is 2.17 bits per heavy atom. The first-order valence-electron chi connectivity index (χ1n) is 5.80. The second kappa shape index (κ2) is 5.44. The Bertz CT molecular complexity index is 523. The fourth-order valence-corrected chi connectivity index (χ4v) is 1.62. The van der Waals surface area contributed by atoms with Crippen LogP contribution in [0.5, 0.6) is 11.5 Å². The largest absolute Gasteiger partial charge is 0.493 e. The van der Waals surface area contributed by atoms with Crippen LogP contribution in [0.1, 0.15) is 12.5 Å².